The number of hydrogen-bond donors (Lipinski definition) is 1. The third-order valence-corrected chi connectivity index (χ3v) is 2.84. The van der Waals surface area contributed by atoms with Crippen LogP contribution in [0.25, 0.3) is 11.9 Å². The summed E-state index contributed by atoms with van der Waals surface area (Å²) < 4.78 is 19.4. The molecule has 2 aromatic rings. The Labute approximate surface area is 115 Å². The molecular formula is C16H13FO3. The van der Waals surface area contributed by atoms with Crippen LogP contribution in [0, 0.1) is 0 Å². The van der Waals surface area contributed by atoms with Gasteiger partial charge in [0.2, 0.25) is 0 Å². The van der Waals surface area contributed by atoms with Crippen molar-refractivity contribution in [3.8, 4) is 5.75 Å². The van der Waals surface area contributed by atoms with E-state index in [9.17, 15) is 9.18 Å². The Morgan fingerprint density at radius 3 is 2.35 bits per heavy atom. The maximum absolute atomic E-state index is 14.3. The maximum Gasteiger partial charge on any atom is 0.336 e. The standard InChI is InChI=1S/C16H13FO3/c1-20-15-9-5-2-6-11(15)10-14(17)12-7-3-4-8-13(12)16(18)19/h2-10H,1H3,(H,18,19)/b14-10+. The molecule has 0 unspecified atom stereocenters. The molecular weight excluding hydrogens is 259 g/mol. The lowest BCUT2D eigenvalue weighted by Gasteiger charge is -2.06. The Hall–Kier alpha value is -2.62. The number of ether oxygens (including phenoxy) is 1. The zero-order valence-corrected chi connectivity index (χ0v) is 10.8. The van der Waals surface area contributed by atoms with E-state index in [2.05, 4.69) is 0 Å². The molecule has 2 rings (SSSR count). The van der Waals surface area contributed by atoms with Crippen LogP contribution < -0.4 is 4.74 Å². The number of para-hydroxylation sites is 1. The van der Waals surface area contributed by atoms with Crippen molar-refractivity contribution in [2.24, 2.45) is 0 Å². The summed E-state index contributed by atoms with van der Waals surface area (Å²) in [6.07, 6.45) is 1.26. The average Bonchev–Trinajstić information content (AvgIpc) is 2.47. The van der Waals surface area contributed by atoms with E-state index in [4.69, 9.17) is 9.84 Å². The molecule has 0 saturated carbocycles. The van der Waals surface area contributed by atoms with Gasteiger partial charge >= 0.3 is 5.97 Å². The van der Waals surface area contributed by atoms with E-state index in [0.29, 0.717) is 11.3 Å². The maximum atomic E-state index is 14.3. The Bertz CT molecular complexity index is 662. The molecule has 20 heavy (non-hydrogen) atoms. The lowest BCUT2D eigenvalue weighted by molar-refractivity contribution is 0.0696. The van der Waals surface area contributed by atoms with E-state index in [1.165, 1.54) is 25.3 Å². The molecule has 1 N–H and O–H groups in total. The van der Waals surface area contributed by atoms with E-state index in [-0.39, 0.29) is 11.1 Å². The first-order chi connectivity index (χ1) is 9.63. The highest BCUT2D eigenvalue weighted by Crippen LogP contribution is 2.27. The van der Waals surface area contributed by atoms with Gasteiger partial charge in [0.05, 0.1) is 12.7 Å². The number of aromatic carboxylic acids is 1. The minimum Gasteiger partial charge on any atom is -0.496 e. The minimum atomic E-state index is -1.16. The smallest absolute Gasteiger partial charge is 0.336 e. The molecule has 0 bridgehead atoms. The zero-order valence-electron chi connectivity index (χ0n) is 10.8. The predicted octanol–water partition coefficient (Wildman–Crippen LogP) is 3.86. The van der Waals surface area contributed by atoms with Crippen molar-refractivity contribution in [1.29, 1.82) is 0 Å². The van der Waals surface area contributed by atoms with Crippen molar-refractivity contribution >= 4 is 17.9 Å². The van der Waals surface area contributed by atoms with Crippen molar-refractivity contribution in [3.63, 3.8) is 0 Å². The predicted molar refractivity (Wildman–Crippen MR) is 75.4 cm³/mol. The number of carboxylic acid groups (broad SMARTS) is 1. The normalized spacial score (nSPS) is 11.2. The second-order valence-electron chi connectivity index (χ2n) is 4.08. The zero-order chi connectivity index (χ0) is 14.5. The third kappa shape index (κ3) is 2.85. The summed E-state index contributed by atoms with van der Waals surface area (Å²) in [6, 6.07) is 12.9. The Morgan fingerprint density at radius 2 is 1.70 bits per heavy atom. The Morgan fingerprint density at radius 1 is 1.10 bits per heavy atom. The van der Waals surface area contributed by atoms with Gasteiger partial charge in [-0.2, -0.15) is 0 Å². The minimum absolute atomic E-state index is 0.0471. The number of carbonyl (C=O) groups is 1. The fourth-order valence-electron chi connectivity index (χ4n) is 1.88. The van der Waals surface area contributed by atoms with E-state index < -0.39 is 11.8 Å². The largest absolute Gasteiger partial charge is 0.496 e. The van der Waals surface area contributed by atoms with Gasteiger partial charge in [0, 0.05) is 11.1 Å². The Balaban J connectivity index is 2.48. The average molecular weight is 272 g/mol. The monoisotopic (exact) mass is 272 g/mol. The van der Waals surface area contributed by atoms with Gasteiger partial charge < -0.3 is 9.84 Å². The van der Waals surface area contributed by atoms with Crippen LogP contribution in [0.2, 0.25) is 0 Å². The van der Waals surface area contributed by atoms with Crippen LogP contribution in [-0.2, 0) is 0 Å². The number of methoxy groups -OCH3 is 1. The summed E-state index contributed by atoms with van der Waals surface area (Å²) >= 11 is 0. The second kappa shape index (κ2) is 6.02. The van der Waals surface area contributed by atoms with Crippen LogP contribution >= 0.6 is 0 Å². The highest BCUT2D eigenvalue weighted by molar-refractivity contribution is 5.95. The molecule has 0 saturated heterocycles. The van der Waals surface area contributed by atoms with Gasteiger partial charge in [-0.25, -0.2) is 9.18 Å². The van der Waals surface area contributed by atoms with Crippen LogP contribution in [0.15, 0.2) is 48.5 Å². The fourth-order valence-corrected chi connectivity index (χ4v) is 1.88. The number of carboxylic acids is 1. The first-order valence-electron chi connectivity index (χ1n) is 5.96. The van der Waals surface area contributed by atoms with Crippen LogP contribution in [0.5, 0.6) is 5.75 Å². The summed E-state index contributed by atoms with van der Waals surface area (Å²) in [4.78, 5) is 11.1. The first kappa shape index (κ1) is 13.8. The van der Waals surface area contributed by atoms with Crippen molar-refractivity contribution in [2.75, 3.05) is 7.11 Å². The SMILES string of the molecule is COc1ccccc1/C=C(/F)c1ccccc1C(=O)O. The lowest BCUT2D eigenvalue weighted by Crippen LogP contribution is -2.00. The molecule has 102 valence electrons. The molecule has 0 fully saturated rings. The molecule has 4 heteroatoms. The molecule has 0 amide bonds. The van der Waals surface area contributed by atoms with Gasteiger partial charge in [0.1, 0.15) is 11.6 Å². The molecule has 0 heterocycles. The van der Waals surface area contributed by atoms with Gasteiger partial charge in [-0.3, -0.25) is 0 Å². The van der Waals surface area contributed by atoms with Gasteiger partial charge in [-0.1, -0.05) is 36.4 Å². The number of rotatable bonds is 4. The van der Waals surface area contributed by atoms with E-state index in [1.54, 1.807) is 36.4 Å². The number of benzene rings is 2. The van der Waals surface area contributed by atoms with Gasteiger partial charge in [0.15, 0.2) is 0 Å². The van der Waals surface area contributed by atoms with Crippen molar-refractivity contribution in [1.82, 2.24) is 0 Å². The summed E-state index contributed by atoms with van der Waals surface area (Å²) in [7, 11) is 1.50. The highest BCUT2D eigenvalue weighted by atomic mass is 19.1. The topological polar surface area (TPSA) is 46.5 Å². The Kier molecular flexibility index (Phi) is 4.15. The van der Waals surface area contributed by atoms with Crippen molar-refractivity contribution in [2.45, 2.75) is 0 Å². The van der Waals surface area contributed by atoms with Gasteiger partial charge in [-0.15, -0.1) is 0 Å². The van der Waals surface area contributed by atoms with Crippen LogP contribution in [0.1, 0.15) is 21.5 Å². The number of halogens is 1. The molecule has 0 radical (unpaired) electrons. The second-order valence-corrected chi connectivity index (χ2v) is 4.08. The van der Waals surface area contributed by atoms with E-state index in [0.717, 1.165) is 0 Å². The highest BCUT2D eigenvalue weighted by Gasteiger charge is 2.13. The summed E-state index contributed by atoms with van der Waals surface area (Å²) in [5.74, 6) is -1.26. The van der Waals surface area contributed by atoms with Crippen molar-refractivity contribution in [3.05, 3.63) is 65.2 Å². The fraction of sp³-hybridized carbons (Fsp3) is 0.0625. The quantitative estimate of drug-likeness (QED) is 0.860. The summed E-state index contributed by atoms with van der Waals surface area (Å²) in [5, 5.41) is 9.06. The molecule has 0 aliphatic carbocycles. The van der Waals surface area contributed by atoms with Crippen molar-refractivity contribution < 1.29 is 19.0 Å². The number of hydrogen-bond acceptors (Lipinski definition) is 2. The summed E-state index contributed by atoms with van der Waals surface area (Å²) in [6.45, 7) is 0. The van der Waals surface area contributed by atoms with Gasteiger partial charge in [0.25, 0.3) is 0 Å². The van der Waals surface area contributed by atoms with Crippen LogP contribution in [-0.4, -0.2) is 18.2 Å². The first-order valence-corrected chi connectivity index (χ1v) is 5.96. The van der Waals surface area contributed by atoms with E-state index >= 15 is 0 Å². The molecule has 0 aliphatic heterocycles. The molecule has 0 spiro atoms. The van der Waals surface area contributed by atoms with Crippen LogP contribution in [0.3, 0.4) is 0 Å². The molecule has 2 aromatic carbocycles. The molecule has 0 atom stereocenters. The molecule has 0 aromatic heterocycles. The van der Waals surface area contributed by atoms with Crippen LogP contribution in [0.4, 0.5) is 4.39 Å². The third-order valence-electron chi connectivity index (χ3n) is 2.84. The van der Waals surface area contributed by atoms with E-state index in [1.807, 2.05) is 0 Å². The molecule has 3 nitrogen and oxygen atoms in total. The van der Waals surface area contributed by atoms with Gasteiger partial charge in [-0.05, 0) is 18.2 Å². The summed E-state index contributed by atoms with van der Waals surface area (Å²) in [5.41, 5.74) is 0.523. The molecule has 0 aliphatic rings. The lowest BCUT2D eigenvalue weighted by atomic mass is 10.0.